The smallest absolute Gasteiger partial charge is 0.151 e. The summed E-state index contributed by atoms with van der Waals surface area (Å²) in [6.45, 7) is 3.93. The van der Waals surface area contributed by atoms with E-state index in [0.717, 1.165) is 36.6 Å². The van der Waals surface area contributed by atoms with E-state index < -0.39 is 0 Å². The minimum absolute atomic E-state index is 0.262. The van der Waals surface area contributed by atoms with Gasteiger partial charge in [0, 0.05) is 24.7 Å². The van der Waals surface area contributed by atoms with Crippen molar-refractivity contribution in [2.45, 2.75) is 19.4 Å². The summed E-state index contributed by atoms with van der Waals surface area (Å²) >= 11 is 0. The van der Waals surface area contributed by atoms with Gasteiger partial charge in [-0.1, -0.05) is 23.8 Å². The Balaban J connectivity index is 1.83. The number of hydrogen-bond donors (Lipinski definition) is 1. The highest BCUT2D eigenvalue weighted by Gasteiger charge is 2.20. The molecule has 19 heavy (non-hydrogen) atoms. The van der Waals surface area contributed by atoms with Crippen LogP contribution in [0.3, 0.4) is 0 Å². The van der Waals surface area contributed by atoms with Crippen LogP contribution in [0.5, 0.6) is 0 Å². The second kappa shape index (κ2) is 4.97. The lowest BCUT2D eigenvalue weighted by Gasteiger charge is -2.15. The van der Waals surface area contributed by atoms with E-state index in [9.17, 15) is 0 Å². The highest BCUT2D eigenvalue weighted by molar-refractivity contribution is 5.60. The van der Waals surface area contributed by atoms with Crippen LogP contribution >= 0.6 is 0 Å². The van der Waals surface area contributed by atoms with Gasteiger partial charge in [-0.3, -0.25) is 0 Å². The Morgan fingerprint density at radius 3 is 2.74 bits per heavy atom. The molecule has 2 aromatic rings. The summed E-state index contributed by atoms with van der Waals surface area (Å²) in [5.74, 6) is 0.921. The maximum atomic E-state index is 5.91. The van der Waals surface area contributed by atoms with Crippen molar-refractivity contribution in [3.63, 3.8) is 0 Å². The summed E-state index contributed by atoms with van der Waals surface area (Å²) < 4.78 is 0. The van der Waals surface area contributed by atoms with Crippen molar-refractivity contribution < 1.29 is 0 Å². The van der Waals surface area contributed by atoms with Crippen LogP contribution in [0.1, 0.15) is 12.0 Å². The zero-order chi connectivity index (χ0) is 13.2. The zero-order valence-corrected chi connectivity index (χ0v) is 11.1. The maximum Gasteiger partial charge on any atom is 0.151 e. The van der Waals surface area contributed by atoms with Gasteiger partial charge in [-0.2, -0.15) is 0 Å². The molecule has 0 aliphatic carbocycles. The third-order valence-electron chi connectivity index (χ3n) is 3.51. The lowest BCUT2D eigenvalue weighted by atomic mass is 10.1. The van der Waals surface area contributed by atoms with Crippen LogP contribution in [0.4, 0.5) is 5.82 Å². The van der Waals surface area contributed by atoms with Crippen LogP contribution in [-0.2, 0) is 0 Å². The molecule has 0 amide bonds. The molecule has 2 heterocycles. The molecule has 4 heteroatoms. The van der Waals surface area contributed by atoms with Gasteiger partial charge in [0.1, 0.15) is 0 Å². The molecule has 1 fully saturated rings. The van der Waals surface area contributed by atoms with Crippen molar-refractivity contribution in [2.75, 3.05) is 18.0 Å². The number of aromatic nitrogens is 2. The first kappa shape index (κ1) is 12.1. The average molecular weight is 254 g/mol. The number of hydrogen-bond acceptors (Lipinski definition) is 4. The van der Waals surface area contributed by atoms with Gasteiger partial charge in [-0.25, -0.2) is 0 Å². The summed E-state index contributed by atoms with van der Waals surface area (Å²) in [7, 11) is 0. The molecule has 2 N–H and O–H groups in total. The fourth-order valence-corrected chi connectivity index (χ4v) is 2.45. The topological polar surface area (TPSA) is 55.0 Å². The number of nitrogens with zero attached hydrogens (tertiary/aromatic N) is 3. The monoisotopic (exact) mass is 254 g/mol. The van der Waals surface area contributed by atoms with E-state index in [0.29, 0.717) is 0 Å². The molecule has 1 aromatic carbocycles. The van der Waals surface area contributed by atoms with Crippen molar-refractivity contribution in [2.24, 2.45) is 5.73 Å². The van der Waals surface area contributed by atoms with Crippen LogP contribution in [0.2, 0.25) is 0 Å². The summed E-state index contributed by atoms with van der Waals surface area (Å²) in [5, 5.41) is 8.65. The van der Waals surface area contributed by atoms with E-state index in [1.165, 1.54) is 5.56 Å². The van der Waals surface area contributed by atoms with Gasteiger partial charge in [0.25, 0.3) is 0 Å². The highest BCUT2D eigenvalue weighted by Crippen LogP contribution is 2.21. The molecule has 3 rings (SSSR count). The first-order chi connectivity index (χ1) is 9.22. The fraction of sp³-hybridized carbons (Fsp3) is 0.333. The molecule has 0 bridgehead atoms. The lowest BCUT2D eigenvalue weighted by molar-refractivity contribution is 0.750. The van der Waals surface area contributed by atoms with Gasteiger partial charge in [0.05, 0.1) is 5.69 Å². The minimum atomic E-state index is 0.262. The summed E-state index contributed by atoms with van der Waals surface area (Å²) in [6.07, 6.45) is 1.03. The second-order valence-electron chi connectivity index (χ2n) is 5.14. The third kappa shape index (κ3) is 2.58. The van der Waals surface area contributed by atoms with Crippen molar-refractivity contribution >= 4 is 5.82 Å². The van der Waals surface area contributed by atoms with Crippen LogP contribution in [-0.4, -0.2) is 29.3 Å². The Morgan fingerprint density at radius 1 is 1.21 bits per heavy atom. The molecule has 1 unspecified atom stereocenters. The first-order valence-electron chi connectivity index (χ1n) is 6.64. The summed E-state index contributed by atoms with van der Waals surface area (Å²) in [4.78, 5) is 2.19. The highest BCUT2D eigenvalue weighted by atomic mass is 15.3. The molecule has 1 atom stereocenters. The van der Waals surface area contributed by atoms with Gasteiger partial charge in [-0.05, 0) is 31.5 Å². The Bertz CT molecular complexity index is 565. The molecule has 0 saturated carbocycles. The molecule has 98 valence electrons. The van der Waals surface area contributed by atoms with Crippen molar-refractivity contribution in [1.82, 2.24) is 10.2 Å². The van der Waals surface area contributed by atoms with Crippen molar-refractivity contribution in [1.29, 1.82) is 0 Å². The second-order valence-corrected chi connectivity index (χ2v) is 5.14. The maximum absolute atomic E-state index is 5.91. The van der Waals surface area contributed by atoms with Gasteiger partial charge >= 0.3 is 0 Å². The minimum Gasteiger partial charge on any atom is -0.354 e. The van der Waals surface area contributed by atoms with Gasteiger partial charge < -0.3 is 10.6 Å². The Labute approximate surface area is 113 Å². The lowest BCUT2D eigenvalue weighted by Crippen LogP contribution is -2.27. The van der Waals surface area contributed by atoms with Crippen molar-refractivity contribution in [3.05, 3.63) is 42.0 Å². The molecule has 0 radical (unpaired) electrons. The molecular weight excluding hydrogens is 236 g/mol. The number of aryl methyl sites for hydroxylation is 1. The van der Waals surface area contributed by atoms with Crippen LogP contribution in [0.25, 0.3) is 11.3 Å². The summed E-state index contributed by atoms with van der Waals surface area (Å²) in [6, 6.07) is 12.6. The van der Waals surface area contributed by atoms with E-state index in [1.54, 1.807) is 0 Å². The number of benzene rings is 1. The molecule has 1 aliphatic rings. The van der Waals surface area contributed by atoms with Gasteiger partial charge in [0.2, 0.25) is 0 Å². The van der Waals surface area contributed by atoms with E-state index in [2.05, 4.69) is 40.2 Å². The van der Waals surface area contributed by atoms with Crippen LogP contribution < -0.4 is 10.6 Å². The molecular formula is C15H18N4. The molecule has 1 aliphatic heterocycles. The molecule has 1 aromatic heterocycles. The van der Waals surface area contributed by atoms with Crippen LogP contribution in [0.15, 0.2) is 36.4 Å². The predicted molar refractivity (Wildman–Crippen MR) is 77.0 cm³/mol. The largest absolute Gasteiger partial charge is 0.354 e. The Hall–Kier alpha value is -1.94. The third-order valence-corrected chi connectivity index (χ3v) is 3.51. The molecule has 0 spiro atoms. The SMILES string of the molecule is Cc1cccc(-c2ccc(N3CCC(N)C3)nn2)c1. The van der Waals surface area contributed by atoms with E-state index in [4.69, 9.17) is 5.73 Å². The first-order valence-corrected chi connectivity index (χ1v) is 6.64. The molecule has 1 saturated heterocycles. The Morgan fingerprint density at radius 2 is 2.11 bits per heavy atom. The van der Waals surface area contributed by atoms with E-state index >= 15 is 0 Å². The van der Waals surface area contributed by atoms with Gasteiger partial charge in [-0.15, -0.1) is 10.2 Å². The average Bonchev–Trinajstić information content (AvgIpc) is 2.86. The quantitative estimate of drug-likeness (QED) is 0.890. The van der Waals surface area contributed by atoms with Crippen molar-refractivity contribution in [3.8, 4) is 11.3 Å². The number of anilines is 1. The predicted octanol–water partition coefficient (Wildman–Crippen LogP) is 1.99. The van der Waals surface area contributed by atoms with E-state index in [-0.39, 0.29) is 6.04 Å². The summed E-state index contributed by atoms with van der Waals surface area (Å²) in [5.41, 5.74) is 9.16. The normalized spacial score (nSPS) is 18.8. The number of rotatable bonds is 2. The Kier molecular flexibility index (Phi) is 3.17. The molecule has 4 nitrogen and oxygen atoms in total. The number of nitrogens with two attached hydrogens (primary N) is 1. The van der Waals surface area contributed by atoms with Gasteiger partial charge in [0.15, 0.2) is 5.82 Å². The van der Waals surface area contributed by atoms with Crippen LogP contribution in [0, 0.1) is 6.92 Å². The van der Waals surface area contributed by atoms with E-state index in [1.807, 2.05) is 18.2 Å². The zero-order valence-electron chi connectivity index (χ0n) is 11.1. The fourth-order valence-electron chi connectivity index (χ4n) is 2.45. The standard InChI is InChI=1S/C15H18N4/c1-11-3-2-4-12(9-11)14-5-6-15(18-17-14)19-8-7-13(16)10-19/h2-6,9,13H,7-8,10,16H2,1H3.